The Morgan fingerprint density at radius 1 is 1.25 bits per heavy atom. The Balaban J connectivity index is 1.80. The normalized spacial score (nSPS) is 15.8. The molecule has 1 heterocycles. The lowest BCUT2D eigenvalue weighted by Crippen LogP contribution is -2.30. The molecule has 0 bridgehead atoms. The minimum absolute atomic E-state index is 0.159. The molecule has 0 unspecified atom stereocenters. The third-order valence-corrected chi connectivity index (χ3v) is 4.74. The SMILES string of the molecule is Nc1ccc(S(=O)(=O)NCCCN2CCCC2=O)cc1. The van der Waals surface area contributed by atoms with Gasteiger partial charge in [-0.1, -0.05) is 0 Å². The van der Waals surface area contributed by atoms with Crippen molar-refractivity contribution in [2.45, 2.75) is 24.2 Å². The molecule has 6 nitrogen and oxygen atoms in total. The van der Waals surface area contributed by atoms with Gasteiger partial charge in [-0.2, -0.15) is 0 Å². The van der Waals surface area contributed by atoms with Crippen LogP contribution < -0.4 is 10.5 Å². The highest BCUT2D eigenvalue weighted by Gasteiger charge is 2.19. The summed E-state index contributed by atoms with van der Waals surface area (Å²) in [7, 11) is -3.50. The zero-order chi connectivity index (χ0) is 14.6. The van der Waals surface area contributed by atoms with Crippen LogP contribution in [0.5, 0.6) is 0 Å². The second-order valence-electron chi connectivity index (χ2n) is 4.80. The minimum Gasteiger partial charge on any atom is -0.399 e. The first-order valence-corrected chi connectivity index (χ1v) is 8.10. The molecule has 1 aliphatic rings. The molecule has 3 N–H and O–H groups in total. The third-order valence-electron chi connectivity index (χ3n) is 3.26. The Morgan fingerprint density at radius 3 is 2.55 bits per heavy atom. The van der Waals surface area contributed by atoms with E-state index >= 15 is 0 Å². The van der Waals surface area contributed by atoms with Gasteiger partial charge in [-0.3, -0.25) is 4.79 Å². The molecular weight excluding hydrogens is 278 g/mol. The van der Waals surface area contributed by atoms with Crippen molar-refractivity contribution in [3.05, 3.63) is 24.3 Å². The molecule has 2 rings (SSSR count). The van der Waals surface area contributed by atoms with Crippen molar-refractivity contribution in [1.29, 1.82) is 0 Å². The summed E-state index contributed by atoms with van der Waals surface area (Å²) in [5, 5.41) is 0. The van der Waals surface area contributed by atoms with Crippen LogP contribution >= 0.6 is 0 Å². The van der Waals surface area contributed by atoms with Crippen LogP contribution in [0.2, 0.25) is 0 Å². The second kappa shape index (κ2) is 6.23. The van der Waals surface area contributed by atoms with Gasteiger partial charge >= 0.3 is 0 Å². The van der Waals surface area contributed by atoms with Crippen LogP contribution in [0, 0.1) is 0 Å². The molecule has 7 heteroatoms. The molecule has 1 aliphatic heterocycles. The Kier molecular flexibility index (Phi) is 4.61. The van der Waals surface area contributed by atoms with Crippen molar-refractivity contribution in [2.24, 2.45) is 0 Å². The highest BCUT2D eigenvalue weighted by Crippen LogP contribution is 2.12. The van der Waals surface area contributed by atoms with E-state index in [0.717, 1.165) is 13.0 Å². The number of carbonyl (C=O) groups excluding carboxylic acids is 1. The number of carbonyl (C=O) groups is 1. The van der Waals surface area contributed by atoms with Gasteiger partial charge in [-0.15, -0.1) is 0 Å². The largest absolute Gasteiger partial charge is 0.399 e. The maximum absolute atomic E-state index is 12.0. The number of hydrogen-bond acceptors (Lipinski definition) is 4. The highest BCUT2D eigenvalue weighted by atomic mass is 32.2. The van der Waals surface area contributed by atoms with Gasteiger partial charge in [-0.25, -0.2) is 13.1 Å². The van der Waals surface area contributed by atoms with Gasteiger partial charge in [0.1, 0.15) is 0 Å². The van der Waals surface area contributed by atoms with Crippen LogP contribution in [0.1, 0.15) is 19.3 Å². The van der Waals surface area contributed by atoms with Crippen molar-refractivity contribution < 1.29 is 13.2 Å². The Labute approximate surface area is 119 Å². The summed E-state index contributed by atoms with van der Waals surface area (Å²) in [5.74, 6) is 0.159. The quantitative estimate of drug-likeness (QED) is 0.593. The second-order valence-corrected chi connectivity index (χ2v) is 6.57. The van der Waals surface area contributed by atoms with E-state index in [1.165, 1.54) is 12.1 Å². The fraction of sp³-hybridized carbons (Fsp3) is 0.462. The van der Waals surface area contributed by atoms with E-state index < -0.39 is 10.0 Å². The topological polar surface area (TPSA) is 92.5 Å². The van der Waals surface area contributed by atoms with Gasteiger partial charge in [-0.05, 0) is 37.1 Å². The van der Waals surface area contributed by atoms with Crippen molar-refractivity contribution >= 4 is 21.6 Å². The van der Waals surface area contributed by atoms with Crippen LogP contribution in [0.3, 0.4) is 0 Å². The average molecular weight is 297 g/mol. The number of rotatable bonds is 6. The van der Waals surface area contributed by atoms with E-state index in [-0.39, 0.29) is 10.8 Å². The van der Waals surface area contributed by atoms with E-state index in [1.807, 2.05) is 0 Å². The van der Waals surface area contributed by atoms with Crippen molar-refractivity contribution in [1.82, 2.24) is 9.62 Å². The maximum atomic E-state index is 12.0. The number of sulfonamides is 1. The monoisotopic (exact) mass is 297 g/mol. The van der Waals surface area contributed by atoms with E-state index in [9.17, 15) is 13.2 Å². The molecule has 110 valence electrons. The zero-order valence-electron chi connectivity index (χ0n) is 11.2. The lowest BCUT2D eigenvalue weighted by Gasteiger charge is -2.15. The summed E-state index contributed by atoms with van der Waals surface area (Å²) in [6, 6.07) is 6.05. The smallest absolute Gasteiger partial charge is 0.240 e. The first kappa shape index (κ1) is 14.8. The number of nitrogen functional groups attached to an aromatic ring is 1. The lowest BCUT2D eigenvalue weighted by molar-refractivity contribution is -0.127. The number of hydrogen-bond donors (Lipinski definition) is 2. The van der Waals surface area contributed by atoms with Crippen molar-refractivity contribution in [3.8, 4) is 0 Å². The van der Waals surface area contributed by atoms with Gasteiger partial charge < -0.3 is 10.6 Å². The molecule has 0 atom stereocenters. The standard InChI is InChI=1S/C13H19N3O3S/c14-11-4-6-12(7-5-11)20(18,19)15-8-2-10-16-9-1-3-13(16)17/h4-7,15H,1-3,8-10,14H2. The van der Waals surface area contributed by atoms with Crippen molar-refractivity contribution in [2.75, 3.05) is 25.4 Å². The fourth-order valence-electron chi connectivity index (χ4n) is 2.15. The van der Waals surface area contributed by atoms with E-state index in [1.54, 1.807) is 17.0 Å². The molecule has 20 heavy (non-hydrogen) atoms. The molecule has 1 aromatic carbocycles. The van der Waals surface area contributed by atoms with Gasteiger partial charge in [0.2, 0.25) is 15.9 Å². The fourth-order valence-corrected chi connectivity index (χ4v) is 3.22. The molecule has 0 aromatic heterocycles. The minimum atomic E-state index is -3.50. The van der Waals surface area contributed by atoms with Crippen LogP contribution in [0.25, 0.3) is 0 Å². The van der Waals surface area contributed by atoms with Crippen LogP contribution in [-0.4, -0.2) is 38.9 Å². The number of nitrogens with zero attached hydrogens (tertiary/aromatic N) is 1. The number of anilines is 1. The maximum Gasteiger partial charge on any atom is 0.240 e. The molecular formula is C13H19N3O3S. The average Bonchev–Trinajstić information content (AvgIpc) is 2.81. The summed E-state index contributed by atoms with van der Waals surface area (Å²) in [5.41, 5.74) is 6.05. The summed E-state index contributed by atoms with van der Waals surface area (Å²) in [6.45, 7) is 1.70. The van der Waals surface area contributed by atoms with E-state index in [4.69, 9.17) is 5.73 Å². The predicted molar refractivity (Wildman–Crippen MR) is 76.5 cm³/mol. The number of nitrogens with one attached hydrogen (secondary N) is 1. The Hall–Kier alpha value is -1.60. The lowest BCUT2D eigenvalue weighted by atomic mass is 10.3. The molecule has 1 saturated heterocycles. The number of likely N-dealkylation sites (tertiary alicyclic amines) is 1. The van der Waals surface area contributed by atoms with Crippen LogP contribution in [0.4, 0.5) is 5.69 Å². The summed E-state index contributed by atoms with van der Waals surface area (Å²) < 4.78 is 26.5. The molecule has 0 saturated carbocycles. The Morgan fingerprint density at radius 2 is 1.95 bits per heavy atom. The Bertz CT molecular complexity index is 569. The zero-order valence-corrected chi connectivity index (χ0v) is 12.0. The molecule has 0 radical (unpaired) electrons. The molecule has 1 aromatic rings. The number of benzene rings is 1. The summed E-state index contributed by atoms with van der Waals surface area (Å²) in [4.78, 5) is 13.4. The van der Waals surface area contributed by atoms with Gasteiger partial charge in [0.05, 0.1) is 4.90 Å². The highest BCUT2D eigenvalue weighted by molar-refractivity contribution is 7.89. The third kappa shape index (κ3) is 3.71. The van der Waals surface area contributed by atoms with Crippen LogP contribution in [0.15, 0.2) is 29.2 Å². The number of amides is 1. The van der Waals surface area contributed by atoms with Gasteiger partial charge in [0, 0.05) is 31.7 Å². The van der Waals surface area contributed by atoms with Gasteiger partial charge in [0.25, 0.3) is 0 Å². The molecule has 1 fully saturated rings. The molecule has 1 amide bonds. The predicted octanol–water partition coefficient (Wildman–Crippen LogP) is 0.560. The first-order valence-electron chi connectivity index (χ1n) is 6.62. The van der Waals surface area contributed by atoms with E-state index in [0.29, 0.717) is 31.6 Å². The number of nitrogens with two attached hydrogens (primary N) is 1. The summed E-state index contributed by atoms with van der Waals surface area (Å²) in [6.07, 6.45) is 2.12. The van der Waals surface area contributed by atoms with Crippen molar-refractivity contribution in [3.63, 3.8) is 0 Å². The molecule has 0 aliphatic carbocycles. The van der Waals surface area contributed by atoms with Gasteiger partial charge in [0.15, 0.2) is 0 Å². The van der Waals surface area contributed by atoms with E-state index in [2.05, 4.69) is 4.72 Å². The molecule has 0 spiro atoms. The summed E-state index contributed by atoms with van der Waals surface area (Å²) >= 11 is 0. The van der Waals surface area contributed by atoms with Crippen LogP contribution in [-0.2, 0) is 14.8 Å². The first-order chi connectivity index (χ1) is 9.49.